The fourth-order valence-electron chi connectivity index (χ4n) is 7.42. The van der Waals surface area contributed by atoms with E-state index in [1.165, 1.54) is 148 Å². The quantitative estimate of drug-likeness (QED) is 0.0273. The summed E-state index contributed by atoms with van der Waals surface area (Å²) in [6.45, 7) is 4.71. The molecule has 0 saturated carbocycles. The smallest absolute Gasteiger partial charge is 0.268 e. The third-order valence-corrected chi connectivity index (χ3v) is 12.4. The van der Waals surface area contributed by atoms with Gasteiger partial charge in [-0.15, -0.1) is 0 Å². The lowest BCUT2D eigenvalue weighted by atomic mass is 10.0. The molecule has 0 rings (SSSR count). The summed E-state index contributed by atoms with van der Waals surface area (Å²) in [5, 5.41) is 14.0. The molecule has 1 amide bonds. The highest BCUT2D eigenvalue weighted by Gasteiger charge is 2.24. The summed E-state index contributed by atoms with van der Waals surface area (Å²) < 4.78 is 23.3. The molecule has 0 aliphatic heterocycles. The maximum atomic E-state index is 12.9. The summed E-state index contributed by atoms with van der Waals surface area (Å²) in [7, 11) is 1.30. The Morgan fingerprint density at radius 2 is 0.983 bits per heavy atom. The number of carbonyl (C=O) groups excluding carboxylic acids is 1. The zero-order valence-electron chi connectivity index (χ0n) is 39.7. The van der Waals surface area contributed by atoms with Gasteiger partial charge in [-0.1, -0.05) is 212 Å². The van der Waals surface area contributed by atoms with E-state index in [0.29, 0.717) is 23.9 Å². The molecule has 350 valence electrons. The predicted octanol–water partition coefficient (Wildman–Crippen LogP) is 13.8. The molecule has 0 spiro atoms. The second-order valence-electron chi connectivity index (χ2n) is 18.5. The van der Waals surface area contributed by atoms with Crippen LogP contribution < -0.4 is 10.2 Å². The average Bonchev–Trinajstić information content (AvgIpc) is 3.19. The number of likely N-dealkylation sites (N-methyl/N-ethyl adjacent to an activating group) is 1. The van der Waals surface area contributed by atoms with Gasteiger partial charge in [0.2, 0.25) is 5.91 Å². The number of unbranched alkanes of at least 4 members (excludes halogenated alkanes) is 29. The second-order valence-corrected chi connectivity index (χ2v) is 19.9. The van der Waals surface area contributed by atoms with Crippen LogP contribution >= 0.6 is 7.82 Å². The number of nitrogens with zero attached hydrogens (tertiary/aromatic N) is 1. The molecule has 0 saturated heterocycles. The van der Waals surface area contributed by atoms with Gasteiger partial charge in [-0.3, -0.25) is 9.36 Å². The minimum absolute atomic E-state index is 0.0101. The van der Waals surface area contributed by atoms with Gasteiger partial charge in [-0.25, -0.2) is 0 Å². The third-order valence-electron chi connectivity index (χ3n) is 11.4. The van der Waals surface area contributed by atoms with Gasteiger partial charge in [0, 0.05) is 6.42 Å². The largest absolute Gasteiger partial charge is 0.756 e. The molecule has 0 aromatic rings. The van der Waals surface area contributed by atoms with Gasteiger partial charge in [-0.05, 0) is 44.9 Å². The number of phosphoric acid groups is 1. The molecule has 2 N–H and O–H groups in total. The van der Waals surface area contributed by atoms with Crippen molar-refractivity contribution in [3.8, 4) is 0 Å². The molecule has 0 heterocycles. The molecule has 0 aliphatic carbocycles. The van der Waals surface area contributed by atoms with E-state index in [0.717, 1.165) is 64.2 Å². The number of allylic oxidation sites excluding steroid dienone is 4. The van der Waals surface area contributed by atoms with Crippen molar-refractivity contribution in [1.29, 1.82) is 0 Å². The number of hydrogen-bond acceptors (Lipinski definition) is 6. The molecule has 0 aliphatic rings. The zero-order valence-corrected chi connectivity index (χ0v) is 40.6. The summed E-state index contributed by atoms with van der Waals surface area (Å²) in [6, 6.07) is -0.806. The third kappa shape index (κ3) is 44.8. The molecule has 59 heavy (non-hydrogen) atoms. The fraction of sp³-hybridized carbons (Fsp3) is 0.900. The van der Waals surface area contributed by atoms with E-state index in [4.69, 9.17) is 9.05 Å². The van der Waals surface area contributed by atoms with Crippen LogP contribution in [0, 0.1) is 0 Å². The molecular formula is C50H99N2O6P. The Morgan fingerprint density at radius 1 is 0.593 bits per heavy atom. The van der Waals surface area contributed by atoms with E-state index in [1.807, 2.05) is 21.1 Å². The van der Waals surface area contributed by atoms with E-state index in [9.17, 15) is 19.4 Å². The van der Waals surface area contributed by atoms with Crippen LogP contribution in [0.1, 0.15) is 239 Å². The molecule has 0 aromatic heterocycles. The number of phosphoric ester groups is 1. The van der Waals surface area contributed by atoms with Gasteiger partial charge in [0.1, 0.15) is 13.2 Å². The number of nitrogens with one attached hydrogen (secondary N) is 1. The van der Waals surface area contributed by atoms with E-state index >= 15 is 0 Å². The van der Waals surface area contributed by atoms with Gasteiger partial charge < -0.3 is 28.8 Å². The Morgan fingerprint density at radius 3 is 1.42 bits per heavy atom. The zero-order chi connectivity index (χ0) is 43.6. The first-order valence-electron chi connectivity index (χ1n) is 25.2. The summed E-state index contributed by atoms with van der Waals surface area (Å²) in [6.07, 6.45) is 50.4. The van der Waals surface area contributed by atoms with E-state index in [2.05, 4.69) is 43.5 Å². The predicted molar refractivity (Wildman–Crippen MR) is 252 cm³/mol. The summed E-state index contributed by atoms with van der Waals surface area (Å²) in [5.74, 6) is -0.176. The van der Waals surface area contributed by atoms with Gasteiger partial charge in [0.05, 0.1) is 39.9 Å². The first-order valence-corrected chi connectivity index (χ1v) is 26.6. The van der Waals surface area contributed by atoms with Crippen molar-refractivity contribution >= 4 is 13.7 Å². The highest BCUT2D eigenvalue weighted by atomic mass is 31.2. The molecule has 3 unspecified atom stereocenters. The van der Waals surface area contributed by atoms with Gasteiger partial charge in [0.25, 0.3) is 7.82 Å². The van der Waals surface area contributed by atoms with Crippen LogP contribution in [0.15, 0.2) is 24.3 Å². The molecule has 0 aromatic carbocycles. The molecule has 3 atom stereocenters. The summed E-state index contributed by atoms with van der Waals surface area (Å²) >= 11 is 0. The van der Waals surface area contributed by atoms with Crippen molar-refractivity contribution in [2.24, 2.45) is 0 Å². The molecule has 8 nitrogen and oxygen atoms in total. The van der Waals surface area contributed by atoms with Crippen LogP contribution in [0.25, 0.3) is 0 Å². The molecule has 0 fully saturated rings. The molecule has 9 heteroatoms. The number of aliphatic hydroxyl groups is 1. The Labute approximate surface area is 366 Å². The first kappa shape index (κ1) is 58.0. The van der Waals surface area contributed by atoms with E-state index in [1.54, 1.807) is 0 Å². The molecule has 0 bridgehead atoms. The maximum Gasteiger partial charge on any atom is 0.268 e. The Hall–Kier alpha value is -1.02. The van der Waals surface area contributed by atoms with E-state index < -0.39 is 20.0 Å². The van der Waals surface area contributed by atoms with Gasteiger partial charge in [0.15, 0.2) is 0 Å². The van der Waals surface area contributed by atoms with Crippen molar-refractivity contribution < 1.29 is 32.9 Å². The second kappa shape index (κ2) is 42.3. The number of amides is 1. The summed E-state index contributed by atoms with van der Waals surface area (Å²) in [4.78, 5) is 25.4. The minimum atomic E-state index is -4.57. The van der Waals surface area contributed by atoms with Crippen LogP contribution in [-0.4, -0.2) is 68.5 Å². The van der Waals surface area contributed by atoms with Crippen molar-refractivity contribution in [1.82, 2.24) is 5.32 Å². The maximum absolute atomic E-state index is 12.9. The highest BCUT2D eigenvalue weighted by molar-refractivity contribution is 7.45. The van der Waals surface area contributed by atoms with Crippen molar-refractivity contribution in [2.45, 2.75) is 251 Å². The number of rotatable bonds is 46. The SMILES string of the molecule is CCCCCC/C=C\C/C=C\CCCCCCCC(=O)NC(COP(=O)([O-])OCC[N+](C)(C)C)C(O)CCCCCCCCCCCCCCCCCCCCCCC. The number of aliphatic hydroxyl groups excluding tert-OH is 1. The fourth-order valence-corrected chi connectivity index (χ4v) is 8.15. The molecular weight excluding hydrogens is 756 g/mol. The normalized spacial score (nSPS) is 14.4. The van der Waals surface area contributed by atoms with Crippen molar-refractivity contribution in [2.75, 3.05) is 40.9 Å². The standard InChI is InChI=1S/C50H99N2O6P/c1-6-8-10-12-14-16-18-20-22-24-25-26-27-28-29-31-33-35-37-39-41-43-49(53)48(47-58-59(55,56)57-46-45-52(3,4)5)51-50(54)44-42-40-38-36-34-32-30-23-21-19-17-15-13-11-9-7-2/h17,19,23,30,48-49,53H,6-16,18,20-22,24-29,31-47H2,1-5H3,(H-,51,54,55,56)/b19-17-,30-23-. The number of carbonyl (C=O) groups is 1. The first-order chi connectivity index (χ1) is 28.5. The topological polar surface area (TPSA) is 108 Å². The van der Waals surface area contributed by atoms with Gasteiger partial charge in [-0.2, -0.15) is 0 Å². The summed E-state index contributed by atoms with van der Waals surface area (Å²) in [5.41, 5.74) is 0. The van der Waals surface area contributed by atoms with Crippen LogP contribution in [0.2, 0.25) is 0 Å². The lowest BCUT2D eigenvalue weighted by molar-refractivity contribution is -0.870. The lowest BCUT2D eigenvalue weighted by Gasteiger charge is -2.30. The van der Waals surface area contributed by atoms with Crippen molar-refractivity contribution in [3.05, 3.63) is 24.3 Å². The Kier molecular flexibility index (Phi) is 41.6. The number of hydrogen-bond donors (Lipinski definition) is 2. The number of quaternary nitrogens is 1. The van der Waals surface area contributed by atoms with Crippen LogP contribution in [-0.2, 0) is 18.4 Å². The average molecular weight is 855 g/mol. The van der Waals surface area contributed by atoms with Crippen LogP contribution in [0.5, 0.6) is 0 Å². The van der Waals surface area contributed by atoms with E-state index in [-0.39, 0.29) is 19.1 Å². The highest BCUT2D eigenvalue weighted by Crippen LogP contribution is 2.38. The monoisotopic (exact) mass is 855 g/mol. The Balaban J connectivity index is 4.27. The Bertz CT molecular complexity index is 1020. The van der Waals surface area contributed by atoms with Crippen molar-refractivity contribution in [3.63, 3.8) is 0 Å². The minimum Gasteiger partial charge on any atom is -0.756 e. The van der Waals surface area contributed by atoms with Crippen LogP contribution in [0.4, 0.5) is 0 Å². The van der Waals surface area contributed by atoms with Crippen LogP contribution in [0.3, 0.4) is 0 Å². The lowest BCUT2D eigenvalue weighted by Crippen LogP contribution is -2.46. The molecule has 0 radical (unpaired) electrons. The van der Waals surface area contributed by atoms with Gasteiger partial charge >= 0.3 is 0 Å².